The third-order valence-electron chi connectivity index (χ3n) is 4.87. The van der Waals surface area contributed by atoms with Gasteiger partial charge < -0.3 is 9.73 Å². The molecule has 32 heavy (non-hydrogen) atoms. The van der Waals surface area contributed by atoms with Crippen molar-refractivity contribution in [2.45, 2.75) is 6.42 Å². The van der Waals surface area contributed by atoms with Crippen molar-refractivity contribution in [3.05, 3.63) is 94.2 Å². The van der Waals surface area contributed by atoms with E-state index in [9.17, 15) is 4.79 Å². The van der Waals surface area contributed by atoms with Crippen LogP contribution in [0.4, 0.5) is 5.69 Å². The first-order chi connectivity index (χ1) is 15.6. The van der Waals surface area contributed by atoms with Crippen LogP contribution >= 0.6 is 35.2 Å². The predicted molar refractivity (Wildman–Crippen MR) is 134 cm³/mol. The van der Waals surface area contributed by atoms with Crippen LogP contribution in [0.15, 0.2) is 77.2 Å². The van der Waals surface area contributed by atoms with Crippen LogP contribution in [-0.2, 0) is 6.42 Å². The number of benzene rings is 3. The normalized spacial score (nSPS) is 11.0. The molecule has 0 atom stereocenters. The fourth-order valence-electron chi connectivity index (χ4n) is 3.36. The first kappa shape index (κ1) is 20.6. The van der Waals surface area contributed by atoms with Gasteiger partial charge in [0.2, 0.25) is 0 Å². The van der Waals surface area contributed by atoms with Crippen LogP contribution in [0.1, 0.15) is 21.1 Å². The van der Waals surface area contributed by atoms with Gasteiger partial charge in [-0.05, 0) is 48.1 Å². The van der Waals surface area contributed by atoms with E-state index in [1.807, 2.05) is 72.8 Å². The minimum Gasteiger partial charge on any atom is -0.440 e. The fourth-order valence-corrected chi connectivity index (χ4v) is 4.98. The molecular formula is C24H16ClN3O2S2. The number of halogens is 1. The maximum atomic E-state index is 12.6. The summed E-state index contributed by atoms with van der Waals surface area (Å²) in [6.07, 6.45) is 0.584. The summed E-state index contributed by atoms with van der Waals surface area (Å²) < 4.78 is 6.73. The van der Waals surface area contributed by atoms with Crippen LogP contribution in [0.3, 0.4) is 0 Å². The third-order valence-corrected chi connectivity index (χ3v) is 6.75. The van der Waals surface area contributed by atoms with Crippen molar-refractivity contribution in [2.24, 2.45) is 0 Å². The van der Waals surface area contributed by atoms with E-state index in [4.69, 9.17) is 28.2 Å². The van der Waals surface area contributed by atoms with Gasteiger partial charge in [-0.3, -0.25) is 10.1 Å². The summed E-state index contributed by atoms with van der Waals surface area (Å²) in [6, 6.07) is 23.0. The highest BCUT2D eigenvalue weighted by Crippen LogP contribution is 2.35. The lowest BCUT2D eigenvalue weighted by Gasteiger charge is -2.09. The van der Waals surface area contributed by atoms with Crippen molar-refractivity contribution in [2.75, 3.05) is 5.32 Å². The highest BCUT2D eigenvalue weighted by Gasteiger charge is 2.18. The topological polar surface area (TPSA) is 67.2 Å². The minimum absolute atomic E-state index is 0.204. The molecule has 0 saturated carbocycles. The van der Waals surface area contributed by atoms with Gasteiger partial charge in [-0.25, -0.2) is 4.98 Å². The summed E-state index contributed by atoms with van der Waals surface area (Å²) in [5.74, 6) is 0.330. The summed E-state index contributed by atoms with van der Waals surface area (Å²) in [5, 5.41) is 7.23. The summed E-state index contributed by atoms with van der Waals surface area (Å²) in [7, 11) is 0. The van der Waals surface area contributed by atoms with Gasteiger partial charge in [0.1, 0.15) is 10.4 Å². The molecule has 0 spiro atoms. The van der Waals surface area contributed by atoms with Gasteiger partial charge >= 0.3 is 0 Å². The smallest absolute Gasteiger partial charge is 0.269 e. The average Bonchev–Trinajstić information content (AvgIpc) is 3.35. The van der Waals surface area contributed by atoms with Crippen molar-refractivity contribution in [3.8, 4) is 0 Å². The van der Waals surface area contributed by atoms with Crippen LogP contribution in [0.25, 0.3) is 21.2 Å². The quantitative estimate of drug-likeness (QED) is 0.292. The van der Waals surface area contributed by atoms with Gasteiger partial charge in [0.15, 0.2) is 16.6 Å². The van der Waals surface area contributed by atoms with Gasteiger partial charge in [0, 0.05) is 22.2 Å². The number of hydrogen-bond donors (Lipinski definition) is 2. The number of para-hydroxylation sites is 2. The number of carbonyl (C=O) groups is 1. The zero-order valence-electron chi connectivity index (χ0n) is 16.6. The zero-order valence-corrected chi connectivity index (χ0v) is 19.0. The van der Waals surface area contributed by atoms with Crippen molar-refractivity contribution in [3.63, 3.8) is 0 Å². The number of thiophene rings is 1. The van der Waals surface area contributed by atoms with Crippen molar-refractivity contribution in [1.29, 1.82) is 0 Å². The van der Waals surface area contributed by atoms with Gasteiger partial charge in [-0.15, -0.1) is 11.3 Å². The number of rotatable bonds is 4. The van der Waals surface area contributed by atoms with E-state index in [1.54, 1.807) is 0 Å². The molecule has 1 amide bonds. The lowest BCUT2D eigenvalue weighted by Crippen LogP contribution is -2.33. The molecule has 158 valence electrons. The van der Waals surface area contributed by atoms with E-state index in [1.165, 1.54) is 11.3 Å². The lowest BCUT2D eigenvalue weighted by molar-refractivity contribution is 0.0982. The van der Waals surface area contributed by atoms with Crippen LogP contribution in [0, 0.1) is 0 Å². The van der Waals surface area contributed by atoms with E-state index in [0.29, 0.717) is 22.2 Å². The zero-order chi connectivity index (χ0) is 22.1. The molecule has 0 aliphatic heterocycles. The molecule has 5 nitrogen and oxygen atoms in total. The Hall–Kier alpha value is -3.26. The number of anilines is 1. The molecule has 0 radical (unpaired) electrons. The van der Waals surface area contributed by atoms with Crippen molar-refractivity contribution >= 4 is 73.0 Å². The number of aromatic nitrogens is 1. The largest absolute Gasteiger partial charge is 0.440 e. The molecule has 3 aromatic carbocycles. The lowest BCUT2D eigenvalue weighted by atomic mass is 10.1. The van der Waals surface area contributed by atoms with Gasteiger partial charge in [0.25, 0.3) is 5.91 Å². The summed E-state index contributed by atoms with van der Waals surface area (Å²) >= 11 is 13.0. The monoisotopic (exact) mass is 477 g/mol. The van der Waals surface area contributed by atoms with E-state index < -0.39 is 0 Å². The Kier molecular flexibility index (Phi) is 5.61. The van der Waals surface area contributed by atoms with Crippen LogP contribution in [-0.4, -0.2) is 16.0 Å². The van der Waals surface area contributed by atoms with Gasteiger partial charge in [-0.2, -0.15) is 0 Å². The van der Waals surface area contributed by atoms with E-state index in [-0.39, 0.29) is 11.0 Å². The number of nitrogens with zero attached hydrogens (tertiary/aromatic N) is 1. The third kappa shape index (κ3) is 4.23. The Morgan fingerprint density at radius 1 is 1.03 bits per heavy atom. The summed E-state index contributed by atoms with van der Waals surface area (Å²) in [4.78, 5) is 17.6. The molecule has 2 N–H and O–H groups in total. The Morgan fingerprint density at radius 2 is 1.78 bits per heavy atom. The number of carbonyl (C=O) groups excluding carboxylic acids is 1. The molecule has 0 saturated heterocycles. The van der Waals surface area contributed by atoms with E-state index in [2.05, 4.69) is 15.6 Å². The number of amides is 1. The van der Waals surface area contributed by atoms with Crippen molar-refractivity contribution in [1.82, 2.24) is 10.3 Å². The molecule has 5 aromatic rings. The highest BCUT2D eigenvalue weighted by atomic mass is 35.5. The standard InChI is InChI=1S/C24H16ClN3O2S2/c25-21-16-5-1-4-8-19(16)32-22(21)23(29)28-24(31)26-15-11-9-14(10-12-15)13-20-27-17-6-2-3-7-18(17)30-20/h1-12H,13H2,(H2,26,28,29,31). The molecule has 8 heteroatoms. The number of hydrogen-bond acceptors (Lipinski definition) is 5. The first-order valence-electron chi connectivity index (χ1n) is 9.79. The molecule has 0 aliphatic rings. The average molecular weight is 478 g/mol. The SMILES string of the molecule is O=C(NC(=S)Nc1ccc(Cc2nc3ccccc3o2)cc1)c1sc2ccccc2c1Cl. The second-order valence-corrected chi connectivity index (χ2v) is 8.94. The van der Waals surface area contributed by atoms with E-state index in [0.717, 1.165) is 32.4 Å². The predicted octanol–water partition coefficient (Wildman–Crippen LogP) is 6.41. The molecule has 0 fully saturated rings. The number of nitrogens with one attached hydrogen (secondary N) is 2. The molecule has 2 aromatic heterocycles. The Bertz CT molecular complexity index is 1420. The maximum Gasteiger partial charge on any atom is 0.269 e. The van der Waals surface area contributed by atoms with Crippen molar-refractivity contribution < 1.29 is 9.21 Å². The minimum atomic E-state index is -0.332. The first-order valence-corrected chi connectivity index (χ1v) is 11.4. The molecule has 5 rings (SSSR count). The van der Waals surface area contributed by atoms with Crippen LogP contribution in [0.5, 0.6) is 0 Å². The molecule has 0 bridgehead atoms. The summed E-state index contributed by atoms with van der Waals surface area (Å²) in [6.45, 7) is 0. The maximum absolute atomic E-state index is 12.6. The molecular weight excluding hydrogens is 462 g/mol. The Morgan fingerprint density at radius 3 is 2.56 bits per heavy atom. The fraction of sp³-hybridized carbons (Fsp3) is 0.0417. The molecule has 2 heterocycles. The molecule has 0 unspecified atom stereocenters. The Labute approximate surface area is 198 Å². The number of oxazole rings is 1. The summed E-state index contributed by atoms with van der Waals surface area (Å²) in [5.41, 5.74) is 3.44. The second-order valence-electron chi connectivity index (χ2n) is 7.10. The van der Waals surface area contributed by atoms with Gasteiger partial charge in [0.05, 0.1) is 5.02 Å². The number of thiocarbonyl (C=S) groups is 1. The second kappa shape index (κ2) is 8.70. The van der Waals surface area contributed by atoms with Crippen LogP contribution in [0.2, 0.25) is 5.02 Å². The van der Waals surface area contributed by atoms with E-state index >= 15 is 0 Å². The van der Waals surface area contributed by atoms with Gasteiger partial charge in [-0.1, -0.05) is 54.1 Å². The highest BCUT2D eigenvalue weighted by molar-refractivity contribution is 7.80. The number of fused-ring (bicyclic) bond motifs is 2. The molecule has 0 aliphatic carbocycles. The Balaban J connectivity index is 1.22. The van der Waals surface area contributed by atoms with Crippen LogP contribution < -0.4 is 10.6 Å².